The van der Waals surface area contributed by atoms with E-state index in [2.05, 4.69) is 10.2 Å². The summed E-state index contributed by atoms with van der Waals surface area (Å²) in [6, 6.07) is 5.61. The number of morpholine rings is 1. The molecule has 1 unspecified atom stereocenters. The van der Waals surface area contributed by atoms with Crippen LogP contribution in [0.5, 0.6) is 0 Å². The van der Waals surface area contributed by atoms with Crippen molar-refractivity contribution in [2.24, 2.45) is 0 Å². The summed E-state index contributed by atoms with van der Waals surface area (Å²) in [7, 11) is 0. The summed E-state index contributed by atoms with van der Waals surface area (Å²) in [5.41, 5.74) is 1.96. The van der Waals surface area contributed by atoms with Crippen molar-refractivity contribution in [3.63, 3.8) is 0 Å². The number of nitrogens with one attached hydrogen (secondary N) is 1. The van der Waals surface area contributed by atoms with Crippen molar-refractivity contribution in [1.82, 2.24) is 4.90 Å². The summed E-state index contributed by atoms with van der Waals surface area (Å²) in [4.78, 5) is 13.1. The number of nitro benzene ring substituents is 1. The first kappa shape index (κ1) is 13.3. The highest BCUT2D eigenvalue weighted by Gasteiger charge is 2.27. The maximum atomic E-state index is 11.0. The molecule has 2 heterocycles. The van der Waals surface area contributed by atoms with Gasteiger partial charge in [-0.15, -0.1) is 0 Å². The van der Waals surface area contributed by atoms with Crippen LogP contribution in [0.3, 0.4) is 0 Å². The zero-order valence-electron chi connectivity index (χ0n) is 11.4. The molecule has 20 heavy (non-hydrogen) atoms. The SMILES string of the molecule is O=[N+]([O-])c1cccc2c1NC(CCN1CCOCC1)C2. The van der Waals surface area contributed by atoms with Crippen LogP contribution in [-0.4, -0.2) is 48.7 Å². The van der Waals surface area contributed by atoms with E-state index in [0.717, 1.165) is 51.3 Å². The molecular formula is C14H19N3O3. The van der Waals surface area contributed by atoms with Crippen molar-refractivity contribution in [2.75, 3.05) is 38.2 Å². The average Bonchev–Trinajstić information content (AvgIpc) is 2.88. The standard InChI is InChI=1S/C14H19N3O3/c18-17(19)13-3-1-2-11-10-12(15-14(11)13)4-5-16-6-8-20-9-7-16/h1-3,12,15H,4-10H2. The average molecular weight is 277 g/mol. The lowest BCUT2D eigenvalue weighted by Gasteiger charge is -2.27. The molecule has 108 valence electrons. The fourth-order valence-corrected chi connectivity index (χ4v) is 2.93. The molecule has 1 saturated heterocycles. The number of hydrogen-bond donors (Lipinski definition) is 1. The number of rotatable bonds is 4. The molecule has 3 rings (SSSR count). The van der Waals surface area contributed by atoms with Gasteiger partial charge in [0.05, 0.1) is 18.1 Å². The maximum absolute atomic E-state index is 11.0. The first-order valence-corrected chi connectivity index (χ1v) is 7.07. The minimum Gasteiger partial charge on any atom is -0.379 e. The van der Waals surface area contributed by atoms with Crippen molar-refractivity contribution in [3.05, 3.63) is 33.9 Å². The van der Waals surface area contributed by atoms with Gasteiger partial charge in [0.15, 0.2) is 0 Å². The second kappa shape index (κ2) is 5.76. The minimum absolute atomic E-state index is 0.191. The van der Waals surface area contributed by atoms with Gasteiger partial charge in [0.1, 0.15) is 5.69 Å². The molecule has 0 bridgehead atoms. The molecule has 1 aromatic rings. The van der Waals surface area contributed by atoms with Gasteiger partial charge >= 0.3 is 0 Å². The third kappa shape index (κ3) is 2.76. The number of fused-ring (bicyclic) bond motifs is 1. The molecule has 0 spiro atoms. The molecule has 2 aliphatic rings. The van der Waals surface area contributed by atoms with E-state index in [0.29, 0.717) is 11.7 Å². The van der Waals surface area contributed by atoms with Crippen LogP contribution in [-0.2, 0) is 11.2 Å². The van der Waals surface area contributed by atoms with E-state index in [1.54, 1.807) is 12.1 Å². The third-order valence-electron chi connectivity index (χ3n) is 4.04. The molecule has 6 heteroatoms. The third-order valence-corrected chi connectivity index (χ3v) is 4.04. The van der Waals surface area contributed by atoms with E-state index in [4.69, 9.17) is 4.74 Å². The number of para-hydroxylation sites is 1. The van der Waals surface area contributed by atoms with Gasteiger partial charge < -0.3 is 10.1 Å². The molecule has 6 nitrogen and oxygen atoms in total. The van der Waals surface area contributed by atoms with Crippen LogP contribution >= 0.6 is 0 Å². The van der Waals surface area contributed by atoms with Gasteiger partial charge in [0.2, 0.25) is 0 Å². The predicted molar refractivity (Wildman–Crippen MR) is 76.1 cm³/mol. The molecule has 0 aromatic heterocycles. The second-order valence-electron chi connectivity index (χ2n) is 5.36. The number of nitro groups is 1. The van der Waals surface area contributed by atoms with Crippen LogP contribution in [0.1, 0.15) is 12.0 Å². The monoisotopic (exact) mass is 277 g/mol. The van der Waals surface area contributed by atoms with Crippen LogP contribution in [0.25, 0.3) is 0 Å². The van der Waals surface area contributed by atoms with E-state index in [1.165, 1.54) is 0 Å². The quantitative estimate of drug-likeness (QED) is 0.669. The summed E-state index contributed by atoms with van der Waals surface area (Å²) in [5, 5.41) is 14.3. The largest absolute Gasteiger partial charge is 0.379 e. The lowest BCUT2D eigenvalue weighted by Crippen LogP contribution is -2.38. The van der Waals surface area contributed by atoms with Crippen LogP contribution < -0.4 is 5.32 Å². The van der Waals surface area contributed by atoms with Gasteiger partial charge in [-0.2, -0.15) is 0 Å². The van der Waals surface area contributed by atoms with Gasteiger partial charge in [-0.3, -0.25) is 15.0 Å². The highest BCUT2D eigenvalue weighted by molar-refractivity contribution is 5.69. The lowest BCUT2D eigenvalue weighted by atomic mass is 10.1. The number of nitrogens with zero attached hydrogens (tertiary/aromatic N) is 2. The Hall–Kier alpha value is -1.66. The van der Waals surface area contributed by atoms with E-state index < -0.39 is 0 Å². The van der Waals surface area contributed by atoms with Gasteiger partial charge in [-0.25, -0.2) is 0 Å². The molecule has 2 aliphatic heterocycles. The van der Waals surface area contributed by atoms with E-state index in [1.807, 2.05) is 6.07 Å². The highest BCUT2D eigenvalue weighted by Crippen LogP contribution is 2.35. The Kier molecular flexibility index (Phi) is 3.84. The smallest absolute Gasteiger partial charge is 0.292 e. The molecule has 0 aliphatic carbocycles. The predicted octanol–water partition coefficient (Wildman–Crippen LogP) is 1.65. The Labute approximate surface area is 117 Å². The number of anilines is 1. The number of hydrogen-bond acceptors (Lipinski definition) is 5. The number of ether oxygens (including phenoxy) is 1. The highest BCUT2D eigenvalue weighted by atomic mass is 16.6. The zero-order valence-corrected chi connectivity index (χ0v) is 11.4. The van der Waals surface area contributed by atoms with Crippen molar-refractivity contribution >= 4 is 11.4 Å². The molecule has 0 radical (unpaired) electrons. The Balaban J connectivity index is 1.59. The van der Waals surface area contributed by atoms with Crippen LogP contribution in [0.4, 0.5) is 11.4 Å². The van der Waals surface area contributed by atoms with E-state index >= 15 is 0 Å². The Morgan fingerprint density at radius 3 is 2.95 bits per heavy atom. The molecule has 0 amide bonds. The van der Waals surface area contributed by atoms with Gasteiger partial charge in [0.25, 0.3) is 5.69 Å². The van der Waals surface area contributed by atoms with Gasteiger partial charge in [0, 0.05) is 31.7 Å². The molecule has 1 fully saturated rings. The van der Waals surface area contributed by atoms with Crippen LogP contribution in [0.15, 0.2) is 18.2 Å². The minimum atomic E-state index is -0.309. The van der Waals surface area contributed by atoms with Crippen molar-refractivity contribution in [3.8, 4) is 0 Å². The van der Waals surface area contributed by atoms with Gasteiger partial charge in [-0.1, -0.05) is 12.1 Å². The summed E-state index contributed by atoms with van der Waals surface area (Å²) in [5.74, 6) is 0. The van der Waals surface area contributed by atoms with E-state index in [9.17, 15) is 10.1 Å². The summed E-state index contributed by atoms with van der Waals surface area (Å²) in [6.45, 7) is 4.61. The number of benzene rings is 1. The van der Waals surface area contributed by atoms with Crippen LogP contribution in [0.2, 0.25) is 0 Å². The summed E-state index contributed by atoms with van der Waals surface area (Å²) in [6.07, 6.45) is 1.88. The summed E-state index contributed by atoms with van der Waals surface area (Å²) >= 11 is 0. The first-order chi connectivity index (χ1) is 9.74. The summed E-state index contributed by atoms with van der Waals surface area (Å²) < 4.78 is 5.33. The topological polar surface area (TPSA) is 67.6 Å². The maximum Gasteiger partial charge on any atom is 0.292 e. The van der Waals surface area contributed by atoms with Crippen molar-refractivity contribution < 1.29 is 9.66 Å². The molecule has 1 aromatic carbocycles. The Morgan fingerprint density at radius 2 is 2.20 bits per heavy atom. The van der Waals surface area contributed by atoms with Crippen LogP contribution in [0, 0.1) is 10.1 Å². The Morgan fingerprint density at radius 1 is 1.40 bits per heavy atom. The molecule has 1 N–H and O–H groups in total. The second-order valence-corrected chi connectivity index (χ2v) is 5.36. The van der Waals surface area contributed by atoms with Crippen molar-refractivity contribution in [2.45, 2.75) is 18.9 Å². The normalized spacial score (nSPS) is 22.3. The Bertz CT molecular complexity index is 500. The fourth-order valence-electron chi connectivity index (χ4n) is 2.93. The van der Waals surface area contributed by atoms with E-state index in [-0.39, 0.29) is 10.6 Å². The molecular weight excluding hydrogens is 258 g/mol. The first-order valence-electron chi connectivity index (χ1n) is 7.07. The fraction of sp³-hybridized carbons (Fsp3) is 0.571. The molecule has 0 saturated carbocycles. The lowest BCUT2D eigenvalue weighted by molar-refractivity contribution is -0.383. The zero-order chi connectivity index (χ0) is 13.9. The van der Waals surface area contributed by atoms with Gasteiger partial charge in [-0.05, 0) is 18.4 Å². The molecule has 1 atom stereocenters. The van der Waals surface area contributed by atoms with Crippen molar-refractivity contribution in [1.29, 1.82) is 0 Å².